The second-order valence-electron chi connectivity index (χ2n) is 9.05. The fourth-order valence-electron chi connectivity index (χ4n) is 4.05. The summed E-state index contributed by atoms with van der Waals surface area (Å²) in [4.78, 5) is 29.5. The van der Waals surface area contributed by atoms with E-state index in [9.17, 15) is 4.79 Å². The number of aryl methyl sites for hydroxylation is 2. The number of rotatable bonds is 9. The van der Waals surface area contributed by atoms with Crippen LogP contribution in [0.5, 0.6) is 0 Å². The van der Waals surface area contributed by atoms with Crippen LogP contribution in [0.4, 0.5) is 0 Å². The Balaban J connectivity index is 0.000000553. The van der Waals surface area contributed by atoms with Crippen molar-refractivity contribution in [3.8, 4) is 11.3 Å². The second-order valence-corrected chi connectivity index (χ2v) is 9.80. The highest BCUT2D eigenvalue weighted by Crippen LogP contribution is 2.23. The van der Waals surface area contributed by atoms with Crippen molar-refractivity contribution in [3.63, 3.8) is 0 Å². The molecule has 3 aromatic carbocycles. The van der Waals surface area contributed by atoms with Crippen molar-refractivity contribution in [1.29, 1.82) is 0 Å². The molecule has 0 aliphatic carbocycles. The largest absolute Gasteiger partial charge is 0.380 e. The predicted octanol–water partition coefficient (Wildman–Crippen LogP) is 6.62. The minimum absolute atomic E-state index is 0.00463. The SMILES string of the molecule is C=O.CN.CNC(C)=O.COCc1ccccc1CCCCCc1ncc(-c2ccc3ccccc3c2)[nH]1.c1cscn1. The number of carbonyl (C=O) groups is 2. The van der Waals surface area contributed by atoms with Gasteiger partial charge in [-0.15, -0.1) is 11.3 Å². The molecule has 2 aromatic heterocycles. The number of hydrogen-bond acceptors (Lipinski definition) is 7. The Kier molecular flexibility index (Phi) is 20.0. The van der Waals surface area contributed by atoms with Crippen molar-refractivity contribution >= 4 is 34.8 Å². The number of fused-ring (bicyclic) bond motifs is 1. The number of amides is 1. The predicted molar refractivity (Wildman–Crippen MR) is 179 cm³/mol. The molecule has 0 fully saturated rings. The molecule has 0 saturated carbocycles. The number of ether oxygens (including phenoxy) is 1. The van der Waals surface area contributed by atoms with Crippen LogP contribution in [0.15, 0.2) is 90.0 Å². The molecule has 0 bridgehead atoms. The summed E-state index contributed by atoms with van der Waals surface area (Å²) in [5, 5.41) is 6.85. The van der Waals surface area contributed by atoms with Gasteiger partial charge in [-0.2, -0.15) is 0 Å². The molecule has 0 radical (unpaired) electrons. The average Bonchev–Trinajstić information content (AvgIpc) is 3.80. The third-order valence-electron chi connectivity index (χ3n) is 6.17. The lowest BCUT2D eigenvalue weighted by atomic mass is 10.0. The lowest BCUT2D eigenvalue weighted by molar-refractivity contribution is -0.118. The van der Waals surface area contributed by atoms with Crippen molar-refractivity contribution in [2.45, 2.75) is 45.6 Å². The number of aromatic nitrogens is 3. The lowest BCUT2D eigenvalue weighted by Gasteiger charge is -2.08. The summed E-state index contributed by atoms with van der Waals surface area (Å²) in [6, 6.07) is 23.6. The number of unbranched alkanes of at least 4 members (excludes halogenated alkanes) is 2. The van der Waals surface area contributed by atoms with Crippen LogP contribution in [0, 0.1) is 0 Å². The molecular formula is C34H45N5O3S. The van der Waals surface area contributed by atoms with Gasteiger partial charge < -0.3 is 25.6 Å². The Labute approximate surface area is 259 Å². The molecule has 0 atom stereocenters. The van der Waals surface area contributed by atoms with Gasteiger partial charge in [0.1, 0.15) is 12.6 Å². The smallest absolute Gasteiger partial charge is 0.216 e. The van der Waals surface area contributed by atoms with E-state index in [-0.39, 0.29) is 5.91 Å². The van der Waals surface area contributed by atoms with E-state index in [2.05, 4.69) is 92.7 Å². The summed E-state index contributed by atoms with van der Waals surface area (Å²) in [6.07, 6.45) is 9.38. The summed E-state index contributed by atoms with van der Waals surface area (Å²) >= 11 is 1.60. The van der Waals surface area contributed by atoms with Crippen LogP contribution < -0.4 is 11.1 Å². The van der Waals surface area contributed by atoms with Crippen molar-refractivity contribution in [3.05, 3.63) is 107 Å². The molecule has 0 saturated heterocycles. The lowest BCUT2D eigenvalue weighted by Crippen LogP contribution is -2.11. The molecule has 0 aliphatic rings. The van der Waals surface area contributed by atoms with E-state index >= 15 is 0 Å². The van der Waals surface area contributed by atoms with Crippen molar-refractivity contribution in [2.75, 3.05) is 21.2 Å². The summed E-state index contributed by atoms with van der Waals surface area (Å²) in [7, 11) is 4.86. The van der Waals surface area contributed by atoms with Gasteiger partial charge in [-0.3, -0.25) is 9.78 Å². The molecule has 0 spiro atoms. The van der Waals surface area contributed by atoms with Gasteiger partial charge >= 0.3 is 0 Å². The Bertz CT molecular complexity index is 1390. The molecule has 5 aromatic rings. The standard InChI is InChI=1S/C26H28N2O.C3H7NO.C3H3NS.CH5N.CH2O/c1-29-19-24-13-8-6-10-20(24)9-3-2-4-14-26-27-18-25(28-26)23-16-15-21-11-5-7-12-22(21)17-23;1-3(5)4-2;1-2-5-3-4-1;2*1-2/h5-8,10-13,15-18H,2-4,9,14,19H2,1H3,(H,27,28);1-2H3,(H,4,5);1-3H;2H2,1H3;1H2. The van der Waals surface area contributed by atoms with Gasteiger partial charge in [0.05, 0.1) is 24.0 Å². The average molecular weight is 604 g/mol. The van der Waals surface area contributed by atoms with E-state index in [1.807, 2.05) is 18.4 Å². The van der Waals surface area contributed by atoms with Gasteiger partial charge in [-0.05, 0) is 54.3 Å². The number of benzene rings is 3. The second kappa shape index (κ2) is 23.4. The zero-order chi connectivity index (χ0) is 31.7. The van der Waals surface area contributed by atoms with Crippen LogP contribution in [0.2, 0.25) is 0 Å². The summed E-state index contributed by atoms with van der Waals surface area (Å²) in [5.74, 6) is 1.08. The number of methoxy groups -OCH3 is 1. The third kappa shape index (κ3) is 14.5. The first-order chi connectivity index (χ1) is 21.1. The topological polar surface area (TPSA) is 123 Å². The fraction of sp³-hybridized carbons (Fsp3) is 0.294. The molecule has 43 heavy (non-hydrogen) atoms. The van der Waals surface area contributed by atoms with Gasteiger partial charge in [-0.25, -0.2) is 4.98 Å². The van der Waals surface area contributed by atoms with E-state index < -0.39 is 0 Å². The molecule has 0 aliphatic heterocycles. The van der Waals surface area contributed by atoms with E-state index in [0.29, 0.717) is 6.61 Å². The molecule has 1 amide bonds. The Hall–Kier alpha value is -4.18. The molecule has 0 unspecified atom stereocenters. The highest BCUT2D eigenvalue weighted by atomic mass is 32.1. The van der Waals surface area contributed by atoms with Gasteiger partial charge in [0, 0.05) is 44.6 Å². The number of nitrogens with two attached hydrogens (primary N) is 1. The van der Waals surface area contributed by atoms with Gasteiger partial charge in [0.25, 0.3) is 0 Å². The van der Waals surface area contributed by atoms with Gasteiger partial charge in [-0.1, -0.05) is 67.1 Å². The first-order valence-corrected chi connectivity index (χ1v) is 15.0. The van der Waals surface area contributed by atoms with Crippen LogP contribution in [-0.4, -0.2) is 48.9 Å². The normalized spacial score (nSPS) is 9.51. The zero-order valence-corrected chi connectivity index (χ0v) is 26.5. The number of H-pyrrole nitrogens is 1. The van der Waals surface area contributed by atoms with E-state index in [0.717, 1.165) is 30.8 Å². The number of nitrogens with zero attached hydrogens (tertiary/aromatic N) is 2. The maximum atomic E-state index is 9.70. The van der Waals surface area contributed by atoms with E-state index in [4.69, 9.17) is 9.53 Å². The van der Waals surface area contributed by atoms with Crippen LogP contribution in [0.1, 0.15) is 43.1 Å². The molecule has 9 heteroatoms. The van der Waals surface area contributed by atoms with Crippen molar-refractivity contribution in [1.82, 2.24) is 20.3 Å². The quantitative estimate of drug-likeness (QED) is 0.163. The third-order valence-corrected chi connectivity index (χ3v) is 6.69. The number of imidazole rings is 1. The first kappa shape index (κ1) is 36.8. The molecule has 230 valence electrons. The Morgan fingerprint density at radius 2 is 1.60 bits per heavy atom. The first-order valence-electron chi connectivity index (χ1n) is 14.1. The van der Waals surface area contributed by atoms with Gasteiger partial charge in [0.15, 0.2) is 0 Å². The van der Waals surface area contributed by atoms with Crippen molar-refractivity contribution < 1.29 is 14.3 Å². The molecule has 4 N–H and O–H groups in total. The minimum Gasteiger partial charge on any atom is -0.380 e. The highest BCUT2D eigenvalue weighted by Gasteiger charge is 2.05. The number of nitrogens with one attached hydrogen (secondary N) is 2. The Morgan fingerprint density at radius 3 is 2.21 bits per heavy atom. The Morgan fingerprint density at radius 1 is 0.953 bits per heavy atom. The molecular weight excluding hydrogens is 558 g/mol. The fourth-order valence-corrected chi connectivity index (χ4v) is 4.40. The summed E-state index contributed by atoms with van der Waals surface area (Å²) < 4.78 is 5.30. The molecule has 2 heterocycles. The molecule has 8 nitrogen and oxygen atoms in total. The maximum absolute atomic E-state index is 9.70. The van der Waals surface area contributed by atoms with Crippen LogP contribution in [0.25, 0.3) is 22.0 Å². The number of carbonyl (C=O) groups excluding carboxylic acids is 2. The number of hydrogen-bond donors (Lipinski definition) is 3. The molecule has 5 rings (SSSR count). The maximum Gasteiger partial charge on any atom is 0.216 e. The van der Waals surface area contributed by atoms with Crippen LogP contribution >= 0.6 is 11.3 Å². The zero-order valence-electron chi connectivity index (χ0n) is 25.7. The number of aromatic amines is 1. The minimum atomic E-state index is 0.00463. The summed E-state index contributed by atoms with van der Waals surface area (Å²) in [5.41, 5.74) is 11.3. The van der Waals surface area contributed by atoms with Gasteiger partial charge in [0.2, 0.25) is 5.91 Å². The van der Waals surface area contributed by atoms with Crippen molar-refractivity contribution in [2.24, 2.45) is 5.73 Å². The van der Waals surface area contributed by atoms with Crippen LogP contribution in [0.3, 0.4) is 0 Å². The summed E-state index contributed by atoms with van der Waals surface area (Å²) in [6.45, 7) is 4.17. The number of thiazole rings is 1. The highest BCUT2D eigenvalue weighted by molar-refractivity contribution is 7.07. The van der Waals surface area contributed by atoms with E-state index in [1.54, 1.807) is 37.2 Å². The monoisotopic (exact) mass is 603 g/mol. The van der Waals surface area contributed by atoms with Crippen LogP contribution in [-0.2, 0) is 33.8 Å². The van der Waals surface area contributed by atoms with E-state index in [1.165, 1.54) is 54.3 Å².